The van der Waals surface area contributed by atoms with Crippen LogP contribution in [0, 0.1) is 28.9 Å². The number of amides is 5. The third kappa shape index (κ3) is 13.9. The van der Waals surface area contributed by atoms with Gasteiger partial charge in [-0.2, -0.15) is 10.4 Å². The fourth-order valence-electron chi connectivity index (χ4n) is 10.2. The Morgan fingerprint density at radius 3 is 2.42 bits per heavy atom. The van der Waals surface area contributed by atoms with Gasteiger partial charge in [0.25, 0.3) is 5.91 Å². The van der Waals surface area contributed by atoms with Crippen molar-refractivity contribution in [1.29, 1.82) is 5.26 Å². The third-order valence-corrected chi connectivity index (χ3v) is 15.8. The molecule has 24 heteroatoms. The quantitative estimate of drug-likeness (QED) is 0.0718. The van der Waals surface area contributed by atoms with Crippen LogP contribution in [0.2, 0.25) is 0 Å². The van der Waals surface area contributed by atoms with Crippen molar-refractivity contribution in [3.05, 3.63) is 94.4 Å². The van der Waals surface area contributed by atoms with Gasteiger partial charge in [0.05, 0.1) is 68.8 Å². The average Bonchev–Trinajstić information content (AvgIpc) is 4.27. The summed E-state index contributed by atoms with van der Waals surface area (Å²) in [7, 11) is 3.25. The number of nitrogens with two attached hydrogens (primary N) is 1. The van der Waals surface area contributed by atoms with E-state index in [1.165, 1.54) is 70.0 Å². The molecular weight excluding hydrogens is 1040 g/mol. The number of hydrogen-bond acceptors (Lipinski definition) is 16. The topological polar surface area (TPSA) is 269 Å². The van der Waals surface area contributed by atoms with Crippen LogP contribution in [0.5, 0.6) is 5.75 Å². The Hall–Kier alpha value is -7.33. The van der Waals surface area contributed by atoms with E-state index in [4.69, 9.17) is 30.0 Å². The lowest BCUT2D eigenvalue weighted by Gasteiger charge is -2.38. The summed E-state index contributed by atoms with van der Waals surface area (Å²) in [6, 6.07) is 10.7. The van der Waals surface area contributed by atoms with Crippen LogP contribution in [-0.4, -0.2) is 166 Å². The number of halogens is 2. The molecule has 1 unspecified atom stereocenters. The van der Waals surface area contributed by atoms with Crippen molar-refractivity contribution in [1.82, 2.24) is 45.4 Å². The number of anilines is 1. The van der Waals surface area contributed by atoms with E-state index >= 15 is 0 Å². The fraction of sp³-hybridized carbons (Fsp3) is 0.491. The molecule has 4 aliphatic heterocycles. The largest absolute Gasteiger partial charge is 0.482 e. The summed E-state index contributed by atoms with van der Waals surface area (Å²) >= 11 is 1.45. The van der Waals surface area contributed by atoms with Crippen molar-refractivity contribution in [2.24, 2.45) is 10.9 Å². The summed E-state index contributed by atoms with van der Waals surface area (Å²) in [6.07, 6.45) is 3.28. The Labute approximate surface area is 461 Å². The zero-order valence-corrected chi connectivity index (χ0v) is 45.5. The number of ether oxygens (including phenoxy) is 3. The number of benzene rings is 2. The van der Waals surface area contributed by atoms with Crippen molar-refractivity contribution in [3.63, 3.8) is 0 Å². The Morgan fingerprint density at radius 2 is 1.70 bits per heavy atom. The number of aliphatic imine (C=N–C) groups is 1. The minimum atomic E-state index is -0.827. The first-order chi connectivity index (χ1) is 38.0. The van der Waals surface area contributed by atoms with Crippen LogP contribution in [-0.2, 0) is 41.7 Å². The molecule has 5 N–H and O–H groups in total. The van der Waals surface area contributed by atoms with Gasteiger partial charge in [-0.1, -0.05) is 0 Å². The molecule has 0 radical (unpaired) electrons. The molecule has 8 rings (SSSR count). The first kappa shape index (κ1) is 57.8. The number of rotatable bonds is 20. The number of likely N-dealkylation sites (N-methyl/N-ethyl adjacent to an activating group) is 1. The van der Waals surface area contributed by atoms with Gasteiger partial charge < -0.3 is 50.6 Å². The van der Waals surface area contributed by atoms with Gasteiger partial charge in [0.2, 0.25) is 23.6 Å². The number of likely N-dealkylation sites (tertiary alicyclic amines) is 2. The second kappa shape index (κ2) is 26.5. The van der Waals surface area contributed by atoms with Crippen molar-refractivity contribution in [2.75, 3.05) is 78.2 Å². The summed E-state index contributed by atoms with van der Waals surface area (Å²) in [5.74, 6) is -2.07. The first-order valence-corrected chi connectivity index (χ1v) is 27.5. The van der Waals surface area contributed by atoms with Gasteiger partial charge in [-0.25, -0.2) is 13.8 Å². The van der Waals surface area contributed by atoms with Gasteiger partial charge in [-0.3, -0.25) is 38.4 Å². The van der Waals surface area contributed by atoms with Crippen molar-refractivity contribution in [3.8, 4) is 22.9 Å². The van der Waals surface area contributed by atoms with Gasteiger partial charge >= 0.3 is 0 Å². The van der Waals surface area contributed by atoms with Crippen molar-refractivity contribution >= 4 is 57.9 Å². The van der Waals surface area contributed by atoms with E-state index in [9.17, 15) is 42.8 Å². The lowest BCUT2D eigenvalue weighted by atomic mass is 9.88. The molecule has 21 nitrogen and oxygen atoms in total. The maximum atomic E-state index is 14.5. The van der Waals surface area contributed by atoms with E-state index in [0.29, 0.717) is 77.6 Å². The third-order valence-electron chi connectivity index (χ3n) is 14.7. The van der Waals surface area contributed by atoms with E-state index in [0.717, 1.165) is 6.42 Å². The monoisotopic (exact) mass is 1110 g/mol. The van der Waals surface area contributed by atoms with Gasteiger partial charge in [-0.05, 0) is 101 Å². The van der Waals surface area contributed by atoms with Crippen LogP contribution in [0.3, 0.4) is 0 Å². The maximum Gasteiger partial charge on any atom is 0.254 e. The van der Waals surface area contributed by atoms with Crippen LogP contribution >= 0.6 is 11.8 Å². The molecule has 4 aromatic rings. The number of aromatic nitrogens is 3. The molecule has 2 aromatic heterocycles. The number of nitrogens with zero attached hydrogens (tertiary/aromatic N) is 8. The normalized spacial score (nSPS) is 19.2. The number of nitriles is 1. The molecule has 420 valence electrons. The van der Waals surface area contributed by atoms with Gasteiger partial charge in [0, 0.05) is 79.4 Å². The van der Waals surface area contributed by atoms with Crippen LogP contribution in [0.25, 0.3) is 11.1 Å². The lowest BCUT2D eigenvalue weighted by Crippen LogP contribution is -2.58. The van der Waals surface area contributed by atoms with Gasteiger partial charge in [0.1, 0.15) is 41.6 Å². The predicted molar refractivity (Wildman–Crippen MR) is 289 cm³/mol. The summed E-state index contributed by atoms with van der Waals surface area (Å²) in [4.78, 5) is 94.7. The molecule has 2 bridgehead atoms. The number of nitrogens with one attached hydrogen (secondary N) is 3. The summed E-state index contributed by atoms with van der Waals surface area (Å²) < 4.78 is 46.8. The van der Waals surface area contributed by atoms with E-state index in [-0.39, 0.29) is 123 Å². The van der Waals surface area contributed by atoms with Gasteiger partial charge in [0.15, 0.2) is 17.4 Å². The predicted octanol–water partition coefficient (Wildman–Crippen LogP) is 4.05. The van der Waals surface area contributed by atoms with Crippen LogP contribution in [0.15, 0.2) is 59.7 Å². The minimum Gasteiger partial charge on any atom is -0.482 e. The molecule has 2 aromatic carbocycles. The van der Waals surface area contributed by atoms with E-state index in [1.54, 1.807) is 43.8 Å². The second-order valence-electron chi connectivity index (χ2n) is 19.9. The Kier molecular flexibility index (Phi) is 19.4. The Balaban J connectivity index is 0.758. The number of carbonyl (C=O) groups is 6. The van der Waals surface area contributed by atoms with Crippen molar-refractivity contribution in [2.45, 2.75) is 95.7 Å². The smallest absolute Gasteiger partial charge is 0.254 e. The van der Waals surface area contributed by atoms with Crippen LogP contribution in [0.1, 0.15) is 96.1 Å². The molecule has 0 saturated carbocycles. The van der Waals surface area contributed by atoms with E-state index in [2.05, 4.69) is 27.0 Å². The molecule has 79 heavy (non-hydrogen) atoms. The number of Topliss-reactive ketones (excluding diaryl/α,β-unsaturated/α-hetero) is 1. The maximum absolute atomic E-state index is 14.5. The van der Waals surface area contributed by atoms with Crippen LogP contribution in [0.4, 0.5) is 14.6 Å². The summed E-state index contributed by atoms with van der Waals surface area (Å²) in [5.41, 5.74) is 8.54. The molecule has 2 fully saturated rings. The minimum absolute atomic E-state index is 0.00867. The number of thioether (sulfide) groups is 1. The Morgan fingerprint density at radius 1 is 0.975 bits per heavy atom. The highest BCUT2D eigenvalue weighted by Gasteiger charge is 2.43. The summed E-state index contributed by atoms with van der Waals surface area (Å²) in [6.45, 7) is 5.55. The van der Waals surface area contributed by atoms with Crippen molar-refractivity contribution < 1.29 is 51.8 Å². The molecule has 0 spiro atoms. The number of fused-ring (bicyclic) bond motifs is 5. The number of pyridine rings is 1. The highest BCUT2D eigenvalue weighted by atomic mass is 32.2. The zero-order chi connectivity index (χ0) is 56.3. The molecule has 5 atom stereocenters. The lowest BCUT2D eigenvalue weighted by molar-refractivity contribution is -0.140. The van der Waals surface area contributed by atoms with Crippen LogP contribution < -0.4 is 26.4 Å². The number of piperidine rings is 1. The zero-order valence-electron chi connectivity index (χ0n) is 44.7. The highest BCUT2D eigenvalue weighted by Crippen LogP contribution is 2.37. The molecule has 2 saturated heterocycles. The molecular formula is C55H66F2N12O9S. The summed E-state index contributed by atoms with van der Waals surface area (Å²) in [5, 5.41) is 24.5. The number of hydrogen-bond donors (Lipinski definition) is 4. The standard InChI is InChI=1S/C55H66F2N12O9S/c1-32(60-3)52(73)64-49(55(75)68-18-5-6-43(68)53-63-42(31-79-53)50(72)35-7-9-37(56)10-8-35)34-13-19-67(20-14-34)47(71)16-23-77-25-24-76-22-15-46(70)61-17-21-69-44(28-58)48-36-26-45(51(59)62-29-36)78-33(2)40-27-38(57)11-12-39(40)54(74)66(4)30-41(48)65-69/h7-12,26-27,29,32-34,42-43,49,60H,5-6,13-25,30-31H2,1-4H3,(H2,59,62)(H,61,70)(H,64,73)/t32-,33+,42?,43-,49-/m0/s1. The second-order valence-corrected chi connectivity index (χ2v) is 21.0. The number of nitrogen functional groups attached to an aromatic ring is 1. The van der Waals surface area contributed by atoms with Gasteiger partial charge in [-0.15, -0.1) is 11.8 Å². The molecule has 0 aliphatic carbocycles. The highest BCUT2D eigenvalue weighted by molar-refractivity contribution is 8.14. The first-order valence-electron chi connectivity index (χ1n) is 26.5. The number of ketones is 1. The van der Waals surface area contributed by atoms with E-state index < -0.39 is 41.8 Å². The molecule has 4 aliphatic rings. The SMILES string of the molecule is CN[C@@H](C)C(=O)N[C@H](C(=O)N1CCC[C@H]1C1=NC(C(=O)c2ccc(F)cc2)CS1)C1CCN(C(=O)CCOCCOCCC(=O)NCCn2nc3c(c2C#N)-c2cnc(N)c(c2)O[C@H](C)c2cc(F)ccc2C(=O)N(C)C3)CC1. The molecule has 6 heterocycles. The fourth-order valence-corrected chi connectivity index (χ4v) is 11.3. The Bertz CT molecular complexity index is 2980. The van der Waals surface area contributed by atoms with E-state index in [1.807, 2.05) is 0 Å². The number of carbonyl (C=O) groups excluding carboxylic acids is 6. The average molecular weight is 1110 g/mol. The molecule has 5 amide bonds.